The minimum absolute atomic E-state index is 0.840. The Balaban J connectivity index is 0.863. The van der Waals surface area contributed by atoms with Crippen molar-refractivity contribution >= 4 is 0 Å². The van der Waals surface area contributed by atoms with Gasteiger partial charge in [0.05, 0.1) is 0 Å². The van der Waals surface area contributed by atoms with E-state index in [1.54, 1.807) is 25.7 Å². The Morgan fingerprint density at radius 1 is 0.289 bits per heavy atom. The van der Waals surface area contributed by atoms with Crippen LogP contribution >= 0.6 is 0 Å². The van der Waals surface area contributed by atoms with Crippen molar-refractivity contribution in [2.75, 3.05) is 0 Å². The Hall–Kier alpha value is -0.0800. The molecule has 0 saturated heterocycles. The van der Waals surface area contributed by atoms with E-state index in [1.807, 2.05) is 0 Å². The maximum absolute atomic E-state index is 4.38. The molecule has 0 radical (unpaired) electrons. The summed E-state index contributed by atoms with van der Waals surface area (Å²) in [7, 11) is 0. The van der Waals surface area contributed by atoms with E-state index in [1.165, 1.54) is 128 Å². The van der Waals surface area contributed by atoms with Crippen molar-refractivity contribution < 1.29 is 0 Å². The van der Waals surface area contributed by atoms with Gasteiger partial charge in [-0.25, -0.2) is 0 Å². The van der Waals surface area contributed by atoms with Gasteiger partial charge in [-0.2, -0.15) is 0 Å². The number of hydrogen-bond donors (Lipinski definition) is 2. The fraction of sp³-hybridized carbons (Fsp3) is 1.00. The molecular formula is C36H62N2. The summed E-state index contributed by atoms with van der Waals surface area (Å²) >= 11 is 0. The highest BCUT2D eigenvalue weighted by Crippen LogP contribution is 2.52. The predicted molar refractivity (Wildman–Crippen MR) is 160 cm³/mol. The molecule has 0 aliphatic heterocycles. The van der Waals surface area contributed by atoms with Gasteiger partial charge < -0.3 is 10.6 Å². The molecule has 0 bridgehead atoms. The minimum atomic E-state index is 0.840. The molecule has 0 amide bonds. The van der Waals surface area contributed by atoms with Gasteiger partial charge in [-0.1, -0.05) is 64.2 Å². The van der Waals surface area contributed by atoms with Crippen molar-refractivity contribution in [1.29, 1.82) is 0 Å². The molecule has 7 aliphatic carbocycles. The zero-order valence-electron chi connectivity index (χ0n) is 24.9. The molecule has 2 heteroatoms. The fourth-order valence-electron chi connectivity index (χ4n) is 12.3. The van der Waals surface area contributed by atoms with Crippen molar-refractivity contribution in [1.82, 2.24) is 10.6 Å². The number of nitrogens with one attached hydrogen (secondary N) is 2. The van der Waals surface area contributed by atoms with Crippen molar-refractivity contribution in [3.8, 4) is 0 Å². The Bertz CT molecular complexity index is 732. The fourth-order valence-corrected chi connectivity index (χ4v) is 12.3. The molecule has 7 aliphatic rings. The van der Waals surface area contributed by atoms with Crippen LogP contribution in [-0.4, -0.2) is 24.2 Å². The zero-order chi connectivity index (χ0) is 25.3. The van der Waals surface area contributed by atoms with Crippen LogP contribution in [0.1, 0.15) is 154 Å². The molecular weight excluding hydrogens is 460 g/mol. The molecule has 2 N–H and O–H groups in total. The lowest BCUT2D eigenvalue weighted by atomic mass is 9.56. The summed E-state index contributed by atoms with van der Waals surface area (Å²) in [6.45, 7) is 0. The normalized spacial score (nSPS) is 49.9. The summed E-state index contributed by atoms with van der Waals surface area (Å²) in [6, 6.07) is 3.41. The largest absolute Gasteiger partial charge is 0.311 e. The van der Waals surface area contributed by atoms with Gasteiger partial charge in [-0.05, 0) is 137 Å². The van der Waals surface area contributed by atoms with Crippen LogP contribution in [0.4, 0.5) is 0 Å². The topological polar surface area (TPSA) is 24.1 Å². The van der Waals surface area contributed by atoms with Gasteiger partial charge in [-0.15, -0.1) is 0 Å². The number of fused-ring (bicyclic) bond motifs is 4. The second-order valence-corrected chi connectivity index (χ2v) is 16.0. The van der Waals surface area contributed by atoms with Crippen LogP contribution in [0.25, 0.3) is 0 Å². The van der Waals surface area contributed by atoms with Crippen molar-refractivity contribution in [3.05, 3.63) is 0 Å². The molecule has 2 nitrogen and oxygen atoms in total. The SMILES string of the molecule is C1CCC2C(C1)CCCC2NC1CCC(C2CCC(NC3CC4CCCCC4C4CCCCC34)CC2)CC1. The maximum Gasteiger partial charge on any atom is 0.0103 e. The van der Waals surface area contributed by atoms with Crippen LogP contribution in [-0.2, 0) is 0 Å². The molecule has 0 aromatic heterocycles. The van der Waals surface area contributed by atoms with E-state index in [9.17, 15) is 0 Å². The number of rotatable bonds is 5. The van der Waals surface area contributed by atoms with Gasteiger partial charge in [0.1, 0.15) is 0 Å². The third-order valence-electron chi connectivity index (χ3n) is 14.2. The smallest absolute Gasteiger partial charge is 0.0103 e. The van der Waals surface area contributed by atoms with Crippen LogP contribution in [0.5, 0.6) is 0 Å². The molecule has 0 aromatic carbocycles. The monoisotopic (exact) mass is 522 g/mol. The third kappa shape index (κ3) is 5.80. The average molecular weight is 523 g/mol. The highest BCUT2D eigenvalue weighted by Gasteiger charge is 2.46. The first-order chi connectivity index (χ1) is 18.8. The van der Waals surface area contributed by atoms with Gasteiger partial charge in [0.25, 0.3) is 0 Å². The first kappa shape index (κ1) is 26.8. The number of hydrogen-bond acceptors (Lipinski definition) is 2. The van der Waals surface area contributed by atoms with E-state index in [-0.39, 0.29) is 0 Å². The summed E-state index contributed by atoms with van der Waals surface area (Å²) in [6.07, 6.45) is 36.5. The lowest BCUT2D eigenvalue weighted by molar-refractivity contribution is -0.00317. The molecule has 38 heavy (non-hydrogen) atoms. The minimum Gasteiger partial charge on any atom is -0.311 e. The molecule has 7 saturated carbocycles. The second kappa shape index (κ2) is 12.4. The zero-order valence-corrected chi connectivity index (χ0v) is 24.9. The van der Waals surface area contributed by atoms with E-state index in [0.29, 0.717) is 0 Å². The lowest BCUT2D eigenvalue weighted by Gasteiger charge is -2.53. The Morgan fingerprint density at radius 3 is 1.47 bits per heavy atom. The first-order valence-electron chi connectivity index (χ1n) is 18.3. The second-order valence-electron chi connectivity index (χ2n) is 16.0. The highest BCUT2D eigenvalue weighted by molar-refractivity contribution is 4.99. The Kier molecular flexibility index (Phi) is 8.76. The van der Waals surface area contributed by atoms with Gasteiger partial charge in [-0.3, -0.25) is 0 Å². The molecule has 216 valence electrons. The van der Waals surface area contributed by atoms with Gasteiger partial charge in [0.15, 0.2) is 0 Å². The standard InChI is InChI=1S/C36H62N2/c1-4-12-32-27(8-1)10-7-15-35(32)37-29-20-16-25(17-21-29)26-18-22-30(23-19-26)38-36-24-28-9-2-3-11-31(28)33-13-5-6-14-34(33)36/h25-38H,1-24H2. The quantitative estimate of drug-likeness (QED) is 0.376. The van der Waals surface area contributed by atoms with Crippen molar-refractivity contribution in [2.45, 2.75) is 178 Å². The van der Waals surface area contributed by atoms with Gasteiger partial charge >= 0.3 is 0 Å². The van der Waals surface area contributed by atoms with Crippen molar-refractivity contribution in [2.24, 2.45) is 47.3 Å². The van der Waals surface area contributed by atoms with Crippen molar-refractivity contribution in [3.63, 3.8) is 0 Å². The molecule has 7 fully saturated rings. The van der Waals surface area contributed by atoms with E-state index in [0.717, 1.165) is 71.5 Å². The molecule has 8 unspecified atom stereocenters. The predicted octanol–water partition coefficient (Wildman–Crippen LogP) is 9.03. The molecule has 0 spiro atoms. The van der Waals surface area contributed by atoms with E-state index in [2.05, 4.69) is 10.6 Å². The Morgan fingerprint density at radius 2 is 0.789 bits per heavy atom. The maximum atomic E-state index is 4.38. The average Bonchev–Trinajstić information content (AvgIpc) is 2.98. The van der Waals surface area contributed by atoms with Crippen LogP contribution in [0.15, 0.2) is 0 Å². The highest BCUT2D eigenvalue weighted by atomic mass is 15.0. The molecule has 0 heterocycles. The molecule has 0 aromatic rings. The molecule has 8 atom stereocenters. The van der Waals surface area contributed by atoms with E-state index < -0.39 is 0 Å². The van der Waals surface area contributed by atoms with Gasteiger partial charge in [0.2, 0.25) is 0 Å². The van der Waals surface area contributed by atoms with Crippen LogP contribution in [0.2, 0.25) is 0 Å². The van der Waals surface area contributed by atoms with Crippen LogP contribution in [0, 0.1) is 47.3 Å². The molecule has 7 rings (SSSR count). The van der Waals surface area contributed by atoms with Crippen LogP contribution in [0.3, 0.4) is 0 Å². The summed E-state index contributed by atoms with van der Waals surface area (Å²) in [5.41, 5.74) is 0. The third-order valence-corrected chi connectivity index (χ3v) is 14.2. The summed E-state index contributed by atoms with van der Waals surface area (Å²) in [4.78, 5) is 0. The van der Waals surface area contributed by atoms with Gasteiger partial charge in [0, 0.05) is 24.2 Å². The van der Waals surface area contributed by atoms with Crippen LogP contribution < -0.4 is 10.6 Å². The lowest BCUT2D eigenvalue weighted by Crippen LogP contribution is -2.54. The van der Waals surface area contributed by atoms with E-state index in [4.69, 9.17) is 0 Å². The van der Waals surface area contributed by atoms with E-state index >= 15 is 0 Å². The Labute approximate surface area is 236 Å². The first-order valence-corrected chi connectivity index (χ1v) is 18.3. The summed E-state index contributed by atoms with van der Waals surface area (Å²) in [5, 5.41) is 8.64. The summed E-state index contributed by atoms with van der Waals surface area (Å²) < 4.78 is 0. The summed E-state index contributed by atoms with van der Waals surface area (Å²) in [5.74, 6) is 8.46.